The van der Waals surface area contributed by atoms with Crippen LogP contribution in [0.25, 0.3) is 11.6 Å². The first-order valence-electron chi connectivity index (χ1n) is 8.89. The van der Waals surface area contributed by atoms with Crippen molar-refractivity contribution in [2.75, 3.05) is 6.61 Å². The van der Waals surface area contributed by atoms with Crippen LogP contribution in [0.1, 0.15) is 38.3 Å². The van der Waals surface area contributed by atoms with Crippen molar-refractivity contribution < 1.29 is 14.4 Å². The quantitative estimate of drug-likeness (QED) is 0.239. The van der Waals surface area contributed by atoms with Gasteiger partial charge in [-0.15, -0.1) is 0 Å². The first kappa shape index (κ1) is 21.3. The summed E-state index contributed by atoms with van der Waals surface area (Å²) in [6.07, 6.45) is 2.40. The van der Waals surface area contributed by atoms with Gasteiger partial charge >= 0.3 is 0 Å². The van der Waals surface area contributed by atoms with Gasteiger partial charge in [-0.3, -0.25) is 10.1 Å². The van der Waals surface area contributed by atoms with Crippen molar-refractivity contribution in [2.24, 2.45) is 0 Å². The van der Waals surface area contributed by atoms with E-state index in [0.717, 1.165) is 6.42 Å². The number of hydrogen-bond acceptors (Lipinski definition) is 5. The molecule has 0 aromatic heterocycles. The van der Waals surface area contributed by atoms with E-state index >= 15 is 0 Å². The Labute approximate surface area is 169 Å². The zero-order chi connectivity index (χ0) is 20.7. The summed E-state index contributed by atoms with van der Waals surface area (Å²) in [5, 5.41) is 20.9. The third-order valence-electron chi connectivity index (χ3n) is 4.03. The largest absolute Gasteiger partial charge is 0.490 e. The van der Waals surface area contributed by atoms with Crippen LogP contribution in [-0.4, -0.2) is 17.6 Å². The zero-order valence-corrected chi connectivity index (χ0v) is 16.7. The number of nitro groups is 1. The highest BCUT2D eigenvalue weighted by Gasteiger charge is 2.15. The molecule has 28 heavy (non-hydrogen) atoms. The van der Waals surface area contributed by atoms with Gasteiger partial charge in [0.2, 0.25) is 0 Å². The summed E-state index contributed by atoms with van der Waals surface area (Å²) in [5.74, 6) is 0.946. The minimum Gasteiger partial charge on any atom is -0.490 e. The van der Waals surface area contributed by atoms with Gasteiger partial charge in [0, 0.05) is 12.1 Å². The summed E-state index contributed by atoms with van der Waals surface area (Å²) in [6, 6.07) is 11.4. The number of non-ortho nitro benzene ring substituents is 1. The van der Waals surface area contributed by atoms with Crippen LogP contribution < -0.4 is 9.47 Å². The molecule has 0 heterocycles. The minimum atomic E-state index is -0.496. The molecular weight excluding hydrogens is 380 g/mol. The van der Waals surface area contributed by atoms with E-state index in [0.29, 0.717) is 34.3 Å². The molecular formula is C21H21ClN2O4. The fourth-order valence-corrected chi connectivity index (χ4v) is 2.73. The van der Waals surface area contributed by atoms with Gasteiger partial charge in [-0.25, -0.2) is 0 Å². The molecule has 0 N–H and O–H groups in total. The molecule has 0 aliphatic rings. The lowest BCUT2D eigenvalue weighted by atomic mass is 10.0. The lowest BCUT2D eigenvalue weighted by Gasteiger charge is -2.18. The molecule has 146 valence electrons. The maximum absolute atomic E-state index is 11.0. The van der Waals surface area contributed by atoms with Crippen LogP contribution in [0.15, 0.2) is 36.4 Å². The van der Waals surface area contributed by atoms with Crippen molar-refractivity contribution in [3.8, 4) is 17.6 Å². The Bertz CT molecular complexity index is 934. The van der Waals surface area contributed by atoms with Crippen molar-refractivity contribution in [3.05, 3.63) is 62.7 Å². The molecule has 0 radical (unpaired) electrons. The first-order valence-corrected chi connectivity index (χ1v) is 9.27. The monoisotopic (exact) mass is 400 g/mol. The van der Waals surface area contributed by atoms with Gasteiger partial charge in [0.1, 0.15) is 0 Å². The van der Waals surface area contributed by atoms with Crippen LogP contribution in [0.5, 0.6) is 11.5 Å². The molecule has 0 bridgehead atoms. The summed E-state index contributed by atoms with van der Waals surface area (Å²) in [6.45, 7) is 6.23. The summed E-state index contributed by atoms with van der Waals surface area (Å²) in [5.41, 5.74) is 1.28. The average molecular weight is 401 g/mol. The SMILES string of the molecule is CCOc1cc(/C=C(/C#N)c2cccc([N+](=O)[O-])c2)cc(Cl)c1O[C@@H](C)CC. The predicted molar refractivity (Wildman–Crippen MR) is 110 cm³/mol. The number of nitriles is 1. The van der Waals surface area contributed by atoms with Crippen LogP contribution in [0.3, 0.4) is 0 Å². The molecule has 1 atom stereocenters. The Morgan fingerprint density at radius 2 is 2.11 bits per heavy atom. The molecule has 2 aromatic rings. The van der Waals surface area contributed by atoms with Gasteiger partial charge in [0.05, 0.1) is 34.3 Å². The van der Waals surface area contributed by atoms with E-state index in [-0.39, 0.29) is 17.4 Å². The Kier molecular flexibility index (Phi) is 7.42. The van der Waals surface area contributed by atoms with Gasteiger partial charge < -0.3 is 9.47 Å². The van der Waals surface area contributed by atoms with E-state index < -0.39 is 4.92 Å². The standard InChI is InChI=1S/C21H21ClN2O4/c1-4-14(3)28-21-19(22)10-15(11-20(21)27-5-2)9-17(13-23)16-7-6-8-18(12-16)24(25)26/h6-12,14H,4-5H2,1-3H3/b17-9-/t14-/m0/s1. The molecule has 2 rings (SSSR count). The van der Waals surface area contributed by atoms with Crippen molar-refractivity contribution in [2.45, 2.75) is 33.3 Å². The van der Waals surface area contributed by atoms with Crippen molar-refractivity contribution in [3.63, 3.8) is 0 Å². The van der Waals surface area contributed by atoms with Gasteiger partial charge in [-0.05, 0) is 49.6 Å². The van der Waals surface area contributed by atoms with E-state index in [9.17, 15) is 15.4 Å². The number of nitrogens with zero attached hydrogens (tertiary/aromatic N) is 2. The van der Waals surface area contributed by atoms with Gasteiger partial charge in [0.25, 0.3) is 5.69 Å². The lowest BCUT2D eigenvalue weighted by molar-refractivity contribution is -0.384. The molecule has 0 saturated heterocycles. The van der Waals surface area contributed by atoms with Crippen molar-refractivity contribution >= 4 is 28.9 Å². The Hall–Kier alpha value is -3.04. The van der Waals surface area contributed by atoms with Crippen LogP contribution in [0.2, 0.25) is 5.02 Å². The van der Waals surface area contributed by atoms with Gasteiger partial charge in [0.15, 0.2) is 11.5 Å². The maximum Gasteiger partial charge on any atom is 0.270 e. The number of allylic oxidation sites excluding steroid dienone is 1. The highest BCUT2D eigenvalue weighted by molar-refractivity contribution is 6.32. The highest BCUT2D eigenvalue weighted by Crippen LogP contribution is 2.38. The lowest BCUT2D eigenvalue weighted by Crippen LogP contribution is -2.11. The Morgan fingerprint density at radius 1 is 1.36 bits per heavy atom. The number of benzene rings is 2. The van der Waals surface area contributed by atoms with Gasteiger partial charge in [-0.1, -0.05) is 30.7 Å². The molecule has 0 spiro atoms. The van der Waals surface area contributed by atoms with E-state index in [1.54, 1.807) is 30.3 Å². The number of hydrogen-bond donors (Lipinski definition) is 0. The second kappa shape index (κ2) is 9.77. The predicted octanol–water partition coefficient (Wildman–Crippen LogP) is 5.89. The van der Waals surface area contributed by atoms with E-state index in [4.69, 9.17) is 21.1 Å². The number of nitro benzene ring substituents is 1. The van der Waals surface area contributed by atoms with E-state index in [1.807, 2.05) is 20.8 Å². The van der Waals surface area contributed by atoms with E-state index in [2.05, 4.69) is 6.07 Å². The van der Waals surface area contributed by atoms with Crippen LogP contribution in [-0.2, 0) is 0 Å². The molecule has 0 fully saturated rings. The topological polar surface area (TPSA) is 85.4 Å². The fourth-order valence-electron chi connectivity index (χ4n) is 2.47. The highest BCUT2D eigenvalue weighted by atomic mass is 35.5. The minimum absolute atomic E-state index is 0.0300. The third kappa shape index (κ3) is 5.24. The summed E-state index contributed by atoms with van der Waals surface area (Å²) in [4.78, 5) is 10.5. The smallest absolute Gasteiger partial charge is 0.270 e. The molecule has 0 aliphatic carbocycles. The summed E-state index contributed by atoms with van der Waals surface area (Å²) in [7, 11) is 0. The van der Waals surface area contributed by atoms with Crippen molar-refractivity contribution in [1.82, 2.24) is 0 Å². The molecule has 6 nitrogen and oxygen atoms in total. The second-order valence-electron chi connectivity index (χ2n) is 6.08. The van der Waals surface area contributed by atoms with Crippen molar-refractivity contribution in [1.29, 1.82) is 5.26 Å². The summed E-state index contributed by atoms with van der Waals surface area (Å²) >= 11 is 6.40. The molecule has 0 saturated carbocycles. The van der Waals surface area contributed by atoms with Crippen LogP contribution in [0.4, 0.5) is 5.69 Å². The number of halogens is 1. The van der Waals surface area contributed by atoms with Crippen LogP contribution in [0, 0.1) is 21.4 Å². The molecule has 0 aliphatic heterocycles. The molecule has 7 heteroatoms. The third-order valence-corrected chi connectivity index (χ3v) is 4.31. The fraction of sp³-hybridized carbons (Fsp3) is 0.286. The zero-order valence-electron chi connectivity index (χ0n) is 15.9. The number of rotatable bonds is 8. The first-order chi connectivity index (χ1) is 13.4. The summed E-state index contributed by atoms with van der Waals surface area (Å²) < 4.78 is 11.5. The molecule has 0 unspecified atom stereocenters. The van der Waals surface area contributed by atoms with Crippen LogP contribution >= 0.6 is 11.6 Å². The molecule has 0 amide bonds. The van der Waals surface area contributed by atoms with E-state index in [1.165, 1.54) is 12.1 Å². The number of ether oxygens (including phenoxy) is 2. The molecule has 2 aromatic carbocycles. The average Bonchev–Trinajstić information content (AvgIpc) is 2.68. The maximum atomic E-state index is 11.0. The Morgan fingerprint density at radius 3 is 2.71 bits per heavy atom. The Balaban J connectivity index is 2.49. The van der Waals surface area contributed by atoms with Gasteiger partial charge in [-0.2, -0.15) is 5.26 Å². The normalized spacial score (nSPS) is 12.2. The second-order valence-corrected chi connectivity index (χ2v) is 6.48.